The van der Waals surface area contributed by atoms with Crippen molar-refractivity contribution in [2.45, 2.75) is 19.4 Å². The van der Waals surface area contributed by atoms with E-state index in [9.17, 15) is 18.1 Å². The van der Waals surface area contributed by atoms with Crippen LogP contribution in [0.3, 0.4) is 0 Å². The standard InChI is InChI=1S/C8H10BF3NO/c1-8(2,14)7-4-3-6(5-13-7)9(10,11)12/h3-5,14H,1-2H3/q-1. The molecule has 6 heteroatoms. The molecule has 0 atom stereocenters. The summed E-state index contributed by atoms with van der Waals surface area (Å²) in [6.07, 6.45) is 0.743. The average molecular weight is 204 g/mol. The third-order valence-electron chi connectivity index (χ3n) is 1.79. The highest BCUT2D eigenvalue weighted by molar-refractivity contribution is 6.73. The minimum absolute atomic E-state index is 0.223. The van der Waals surface area contributed by atoms with Gasteiger partial charge in [0, 0.05) is 6.20 Å². The summed E-state index contributed by atoms with van der Waals surface area (Å²) in [6.45, 7) is -2.07. The minimum atomic E-state index is -5.00. The maximum atomic E-state index is 12.2. The molecular formula is C8H10BF3NO-. The van der Waals surface area contributed by atoms with Crippen molar-refractivity contribution in [3.63, 3.8) is 0 Å². The molecule has 0 fully saturated rings. The summed E-state index contributed by atoms with van der Waals surface area (Å²) < 4.78 is 36.5. The Morgan fingerprint density at radius 1 is 1.29 bits per heavy atom. The van der Waals surface area contributed by atoms with E-state index < -0.39 is 18.0 Å². The van der Waals surface area contributed by atoms with Gasteiger partial charge in [-0.25, -0.2) is 0 Å². The Morgan fingerprint density at radius 3 is 2.14 bits per heavy atom. The Hall–Kier alpha value is -1.04. The predicted molar refractivity (Wildman–Crippen MR) is 48.2 cm³/mol. The van der Waals surface area contributed by atoms with E-state index in [-0.39, 0.29) is 5.69 Å². The van der Waals surface area contributed by atoms with Crippen molar-refractivity contribution in [1.82, 2.24) is 4.98 Å². The normalized spacial score (nSPS) is 13.0. The molecule has 1 aromatic rings. The van der Waals surface area contributed by atoms with E-state index >= 15 is 0 Å². The Kier molecular flexibility index (Phi) is 2.58. The summed E-state index contributed by atoms with van der Waals surface area (Å²) in [5.74, 6) is 0. The van der Waals surface area contributed by atoms with Crippen LogP contribution >= 0.6 is 0 Å². The molecule has 0 aromatic carbocycles. The molecule has 0 aliphatic carbocycles. The smallest absolute Gasteiger partial charge is 0.445 e. The maximum absolute atomic E-state index is 12.2. The molecule has 0 aliphatic rings. The highest BCUT2D eigenvalue weighted by Gasteiger charge is 2.26. The van der Waals surface area contributed by atoms with Gasteiger partial charge in [0.25, 0.3) is 0 Å². The molecule has 14 heavy (non-hydrogen) atoms. The molecule has 2 nitrogen and oxygen atoms in total. The Balaban J connectivity index is 3.02. The van der Waals surface area contributed by atoms with E-state index in [1.807, 2.05) is 0 Å². The number of rotatable bonds is 2. The topological polar surface area (TPSA) is 33.1 Å². The number of hydrogen-bond donors (Lipinski definition) is 1. The molecule has 0 spiro atoms. The zero-order chi connectivity index (χ0) is 11.0. The Morgan fingerprint density at radius 2 is 1.86 bits per heavy atom. The van der Waals surface area contributed by atoms with E-state index in [4.69, 9.17) is 0 Å². The fourth-order valence-electron chi connectivity index (χ4n) is 0.961. The lowest BCUT2D eigenvalue weighted by molar-refractivity contribution is 0.0739. The highest BCUT2D eigenvalue weighted by Crippen LogP contribution is 2.16. The van der Waals surface area contributed by atoms with Gasteiger partial charge in [-0.2, -0.15) is 0 Å². The summed E-state index contributed by atoms with van der Waals surface area (Å²) in [5.41, 5.74) is -1.74. The summed E-state index contributed by atoms with van der Waals surface area (Å²) in [7, 11) is 0. The molecule has 0 saturated heterocycles. The molecule has 0 bridgehead atoms. The summed E-state index contributed by atoms with van der Waals surface area (Å²) in [5, 5.41) is 9.44. The van der Waals surface area contributed by atoms with Crippen LogP contribution in [0.1, 0.15) is 19.5 Å². The molecule has 0 unspecified atom stereocenters. The first-order valence-electron chi connectivity index (χ1n) is 4.10. The molecule has 0 saturated carbocycles. The van der Waals surface area contributed by atoms with Crippen LogP contribution in [0.5, 0.6) is 0 Å². The van der Waals surface area contributed by atoms with E-state index in [0.717, 1.165) is 12.3 Å². The zero-order valence-electron chi connectivity index (χ0n) is 7.84. The van der Waals surface area contributed by atoms with Crippen molar-refractivity contribution >= 4 is 12.4 Å². The van der Waals surface area contributed by atoms with Crippen molar-refractivity contribution < 1.29 is 18.1 Å². The lowest BCUT2D eigenvalue weighted by Gasteiger charge is -2.19. The molecule has 0 radical (unpaired) electrons. The van der Waals surface area contributed by atoms with Gasteiger partial charge in [0.05, 0.1) is 5.69 Å². The second-order valence-electron chi connectivity index (χ2n) is 3.61. The molecular weight excluding hydrogens is 194 g/mol. The van der Waals surface area contributed by atoms with Gasteiger partial charge in [-0.3, -0.25) is 4.98 Å². The fraction of sp³-hybridized carbons (Fsp3) is 0.375. The largest absolute Gasteiger partial charge is 0.511 e. The van der Waals surface area contributed by atoms with Crippen LogP contribution in [0, 0.1) is 0 Å². The van der Waals surface area contributed by atoms with Crippen LogP contribution in [0.4, 0.5) is 12.9 Å². The van der Waals surface area contributed by atoms with Crippen LogP contribution in [0.2, 0.25) is 0 Å². The minimum Gasteiger partial charge on any atom is -0.445 e. The predicted octanol–water partition coefficient (Wildman–Crippen LogP) is 1.36. The van der Waals surface area contributed by atoms with Gasteiger partial charge in [-0.15, -0.1) is 0 Å². The SMILES string of the molecule is CC(C)(O)c1ccc([B-](F)(F)F)cn1. The molecule has 1 aromatic heterocycles. The van der Waals surface area contributed by atoms with Gasteiger partial charge in [0.2, 0.25) is 0 Å². The van der Waals surface area contributed by atoms with Crippen molar-refractivity contribution in [2.24, 2.45) is 0 Å². The van der Waals surface area contributed by atoms with E-state index in [1.165, 1.54) is 19.9 Å². The van der Waals surface area contributed by atoms with Crippen LogP contribution in [-0.2, 0) is 5.60 Å². The van der Waals surface area contributed by atoms with Crippen molar-refractivity contribution in [2.75, 3.05) is 0 Å². The van der Waals surface area contributed by atoms with Crippen LogP contribution in [-0.4, -0.2) is 17.1 Å². The summed E-state index contributed by atoms with van der Waals surface area (Å²) in [4.78, 5) is 3.56. The van der Waals surface area contributed by atoms with Gasteiger partial charge in [-0.1, -0.05) is 11.5 Å². The molecule has 78 valence electrons. The number of hydrogen-bond acceptors (Lipinski definition) is 2. The Labute approximate surface area is 79.8 Å². The first kappa shape index (κ1) is 11.0. The van der Waals surface area contributed by atoms with Crippen molar-refractivity contribution in [3.8, 4) is 0 Å². The van der Waals surface area contributed by atoms with Crippen molar-refractivity contribution in [1.29, 1.82) is 0 Å². The zero-order valence-corrected chi connectivity index (χ0v) is 7.84. The lowest BCUT2D eigenvalue weighted by Crippen LogP contribution is -2.35. The van der Waals surface area contributed by atoms with Crippen molar-refractivity contribution in [3.05, 3.63) is 24.0 Å². The van der Waals surface area contributed by atoms with Gasteiger partial charge < -0.3 is 18.1 Å². The second-order valence-corrected chi connectivity index (χ2v) is 3.61. The monoisotopic (exact) mass is 204 g/mol. The van der Waals surface area contributed by atoms with Crippen LogP contribution in [0.15, 0.2) is 18.3 Å². The van der Waals surface area contributed by atoms with E-state index in [2.05, 4.69) is 4.98 Å². The van der Waals surface area contributed by atoms with E-state index in [0.29, 0.717) is 0 Å². The molecule has 1 heterocycles. The first-order chi connectivity index (χ1) is 6.21. The summed E-state index contributed by atoms with van der Waals surface area (Å²) in [6, 6.07) is 2.12. The lowest BCUT2D eigenvalue weighted by atomic mass is 9.81. The molecule has 1 rings (SSSR count). The summed E-state index contributed by atoms with van der Waals surface area (Å²) >= 11 is 0. The molecule has 0 aliphatic heterocycles. The third-order valence-corrected chi connectivity index (χ3v) is 1.79. The number of aromatic nitrogens is 1. The molecule has 0 amide bonds. The van der Waals surface area contributed by atoms with Gasteiger partial charge in [0.15, 0.2) is 0 Å². The van der Waals surface area contributed by atoms with E-state index in [1.54, 1.807) is 0 Å². The third kappa shape index (κ3) is 2.48. The van der Waals surface area contributed by atoms with Crippen LogP contribution < -0.4 is 5.46 Å². The Bertz CT molecular complexity index is 282. The number of halogens is 3. The number of aliphatic hydroxyl groups is 1. The van der Waals surface area contributed by atoms with Gasteiger partial charge >= 0.3 is 6.98 Å². The van der Waals surface area contributed by atoms with Crippen LogP contribution in [0.25, 0.3) is 0 Å². The quantitative estimate of drug-likeness (QED) is 0.737. The first-order valence-corrected chi connectivity index (χ1v) is 4.10. The molecule has 1 N–H and O–H groups in total. The van der Waals surface area contributed by atoms with Gasteiger partial charge in [0.1, 0.15) is 5.60 Å². The highest BCUT2D eigenvalue weighted by atomic mass is 19.4. The second kappa shape index (κ2) is 3.27. The number of nitrogens with zero attached hydrogens (tertiary/aromatic N) is 1. The maximum Gasteiger partial charge on any atom is 0.511 e. The fourth-order valence-corrected chi connectivity index (χ4v) is 0.961. The van der Waals surface area contributed by atoms with Gasteiger partial charge in [-0.05, 0) is 19.9 Å². The number of pyridine rings is 1. The average Bonchev–Trinajstić information content (AvgIpc) is 2.01.